The van der Waals surface area contributed by atoms with Crippen LogP contribution >= 0.6 is 0 Å². The number of pyridine rings is 1. The minimum absolute atomic E-state index is 0.241. The highest BCUT2D eigenvalue weighted by Crippen LogP contribution is 2.45. The number of fused-ring (bicyclic) bond motifs is 2. The standard InChI is InChI=1S/C26H26F2N6O/c1-26(12-23(27)28)6-3-18-16(13-29)9-15(10-19(18)26)20-4-7-30-25(32-20)33-22-11-17-14-34(2)8-5-21(17)31-24(22)35/h4,7,9-11,23H,3,5-6,8,12,14H2,1-2H3,(H,31,35)(H,30,32,33). The maximum Gasteiger partial charge on any atom is 0.271 e. The van der Waals surface area contributed by atoms with Crippen molar-refractivity contribution in [3.8, 4) is 17.3 Å². The molecule has 7 nitrogen and oxygen atoms in total. The number of nitrogens with one attached hydrogen (secondary N) is 2. The third-order valence-electron chi connectivity index (χ3n) is 7.15. The van der Waals surface area contributed by atoms with Crippen LogP contribution in [-0.2, 0) is 24.8 Å². The first-order valence-corrected chi connectivity index (χ1v) is 11.7. The van der Waals surface area contributed by atoms with Crippen LogP contribution in [0.15, 0.2) is 35.3 Å². The van der Waals surface area contributed by atoms with Gasteiger partial charge in [-0.3, -0.25) is 4.79 Å². The van der Waals surface area contributed by atoms with Gasteiger partial charge in [0.15, 0.2) is 0 Å². The number of benzene rings is 1. The molecule has 0 saturated heterocycles. The maximum absolute atomic E-state index is 13.3. The molecule has 1 aliphatic carbocycles. The lowest BCUT2D eigenvalue weighted by Crippen LogP contribution is -2.29. The fourth-order valence-electron chi connectivity index (χ4n) is 5.26. The Bertz CT molecular complexity index is 1400. The lowest BCUT2D eigenvalue weighted by molar-refractivity contribution is 0.107. The molecule has 0 fully saturated rings. The molecule has 2 aromatic heterocycles. The number of aromatic nitrogens is 3. The Morgan fingerprint density at radius 2 is 2.14 bits per heavy atom. The van der Waals surface area contributed by atoms with Gasteiger partial charge in [0.25, 0.3) is 5.56 Å². The number of hydrogen-bond acceptors (Lipinski definition) is 6. The van der Waals surface area contributed by atoms with Crippen molar-refractivity contribution in [2.45, 2.75) is 51.0 Å². The number of nitrogens with zero attached hydrogens (tertiary/aromatic N) is 4. The number of aromatic amines is 1. The summed E-state index contributed by atoms with van der Waals surface area (Å²) in [5, 5.41) is 12.8. The first-order chi connectivity index (χ1) is 16.8. The van der Waals surface area contributed by atoms with Gasteiger partial charge in [0, 0.05) is 43.4 Å². The van der Waals surface area contributed by atoms with Gasteiger partial charge in [-0.2, -0.15) is 5.26 Å². The fraction of sp³-hybridized carbons (Fsp3) is 0.385. The number of hydrogen-bond donors (Lipinski definition) is 2. The van der Waals surface area contributed by atoms with E-state index in [0.29, 0.717) is 35.3 Å². The molecular weight excluding hydrogens is 450 g/mol. The van der Waals surface area contributed by atoms with Crippen LogP contribution in [0.25, 0.3) is 11.3 Å². The van der Waals surface area contributed by atoms with E-state index in [-0.39, 0.29) is 17.9 Å². The first kappa shape index (κ1) is 23.1. The summed E-state index contributed by atoms with van der Waals surface area (Å²) >= 11 is 0. The van der Waals surface area contributed by atoms with Gasteiger partial charge < -0.3 is 15.2 Å². The largest absolute Gasteiger partial charge is 0.324 e. The molecule has 1 aliphatic heterocycles. The summed E-state index contributed by atoms with van der Waals surface area (Å²) in [6.07, 6.45) is 0.873. The molecule has 1 unspecified atom stereocenters. The Labute approximate surface area is 201 Å². The van der Waals surface area contributed by atoms with Crippen molar-refractivity contribution >= 4 is 11.6 Å². The number of nitriles is 1. The average Bonchev–Trinajstić information content (AvgIpc) is 3.15. The van der Waals surface area contributed by atoms with E-state index < -0.39 is 11.8 Å². The zero-order valence-electron chi connectivity index (χ0n) is 19.7. The van der Waals surface area contributed by atoms with Crippen LogP contribution in [0.4, 0.5) is 20.4 Å². The highest BCUT2D eigenvalue weighted by Gasteiger charge is 2.38. The molecule has 0 saturated carbocycles. The Morgan fingerprint density at radius 1 is 1.31 bits per heavy atom. The third kappa shape index (κ3) is 4.42. The second kappa shape index (κ2) is 8.86. The molecule has 5 rings (SSSR count). The van der Waals surface area contributed by atoms with E-state index in [0.717, 1.165) is 41.9 Å². The molecule has 0 radical (unpaired) electrons. The Hall–Kier alpha value is -3.64. The normalized spacial score (nSPS) is 19.3. The lowest BCUT2D eigenvalue weighted by Gasteiger charge is -2.25. The van der Waals surface area contributed by atoms with Crippen LogP contribution in [-0.4, -0.2) is 39.9 Å². The molecule has 1 atom stereocenters. The van der Waals surface area contributed by atoms with E-state index in [1.807, 2.05) is 26.1 Å². The molecule has 35 heavy (non-hydrogen) atoms. The Kier molecular flexibility index (Phi) is 5.85. The van der Waals surface area contributed by atoms with Crippen molar-refractivity contribution in [1.82, 2.24) is 19.9 Å². The van der Waals surface area contributed by atoms with Gasteiger partial charge in [0.1, 0.15) is 5.69 Å². The number of H-pyrrole nitrogens is 1. The molecule has 1 aromatic carbocycles. The quantitative estimate of drug-likeness (QED) is 0.570. The fourth-order valence-corrected chi connectivity index (χ4v) is 5.26. The van der Waals surface area contributed by atoms with Crippen molar-refractivity contribution in [2.75, 3.05) is 18.9 Å². The summed E-state index contributed by atoms with van der Waals surface area (Å²) in [5.41, 5.74) is 4.74. The lowest BCUT2D eigenvalue weighted by atomic mass is 9.80. The van der Waals surface area contributed by atoms with Gasteiger partial charge >= 0.3 is 0 Å². The van der Waals surface area contributed by atoms with Crippen molar-refractivity contribution in [2.24, 2.45) is 0 Å². The molecule has 0 amide bonds. The number of alkyl halides is 2. The van der Waals surface area contributed by atoms with Crippen molar-refractivity contribution in [3.05, 3.63) is 68.8 Å². The van der Waals surface area contributed by atoms with E-state index >= 15 is 0 Å². The smallest absolute Gasteiger partial charge is 0.271 e. The van der Waals surface area contributed by atoms with Gasteiger partial charge in [-0.25, -0.2) is 18.7 Å². The van der Waals surface area contributed by atoms with E-state index in [9.17, 15) is 18.8 Å². The summed E-state index contributed by atoms with van der Waals surface area (Å²) in [7, 11) is 2.03. The first-order valence-electron chi connectivity index (χ1n) is 11.7. The second-order valence-electron chi connectivity index (χ2n) is 9.71. The molecule has 2 aliphatic rings. The maximum atomic E-state index is 13.3. The van der Waals surface area contributed by atoms with Crippen LogP contribution in [0.2, 0.25) is 0 Å². The van der Waals surface area contributed by atoms with E-state index in [4.69, 9.17) is 0 Å². The summed E-state index contributed by atoms with van der Waals surface area (Å²) in [5.74, 6) is 0.242. The van der Waals surface area contributed by atoms with Crippen LogP contribution in [0.1, 0.15) is 47.7 Å². The number of anilines is 2. The monoisotopic (exact) mass is 476 g/mol. The molecule has 0 spiro atoms. The number of halogens is 2. The van der Waals surface area contributed by atoms with Crippen LogP contribution in [0, 0.1) is 11.3 Å². The van der Waals surface area contributed by atoms with Crippen LogP contribution in [0.3, 0.4) is 0 Å². The van der Waals surface area contributed by atoms with E-state index in [1.54, 1.807) is 18.3 Å². The number of rotatable bonds is 5. The SMILES string of the molecule is CN1CCc2[nH]c(=O)c(Nc3nccc(-c4cc(C#N)c5c(c4)C(C)(CC(F)F)CC5)n3)cc2C1. The molecule has 2 N–H and O–H groups in total. The predicted octanol–water partition coefficient (Wildman–Crippen LogP) is 4.29. The third-order valence-corrected chi connectivity index (χ3v) is 7.15. The summed E-state index contributed by atoms with van der Waals surface area (Å²) in [4.78, 5) is 26.6. The summed E-state index contributed by atoms with van der Waals surface area (Å²) < 4.78 is 26.7. The molecular formula is C26H26F2N6O. The highest BCUT2D eigenvalue weighted by molar-refractivity contribution is 5.68. The van der Waals surface area contributed by atoms with Crippen molar-refractivity contribution < 1.29 is 8.78 Å². The number of likely N-dealkylation sites (N-methyl/N-ethyl adjacent to an activating group) is 1. The van der Waals surface area contributed by atoms with Gasteiger partial charge in [0.2, 0.25) is 12.4 Å². The minimum Gasteiger partial charge on any atom is -0.324 e. The molecule has 0 bridgehead atoms. The zero-order valence-corrected chi connectivity index (χ0v) is 19.7. The second-order valence-corrected chi connectivity index (χ2v) is 9.71. The zero-order chi connectivity index (χ0) is 24.7. The minimum atomic E-state index is -2.43. The van der Waals surface area contributed by atoms with Crippen LogP contribution < -0.4 is 10.9 Å². The van der Waals surface area contributed by atoms with E-state index in [2.05, 4.69) is 31.2 Å². The Morgan fingerprint density at radius 3 is 2.91 bits per heavy atom. The topological polar surface area (TPSA) is 97.7 Å². The van der Waals surface area contributed by atoms with E-state index in [1.165, 1.54) is 0 Å². The average molecular weight is 477 g/mol. The Balaban J connectivity index is 1.50. The highest BCUT2D eigenvalue weighted by atomic mass is 19.3. The van der Waals surface area contributed by atoms with Gasteiger partial charge in [-0.05, 0) is 66.3 Å². The molecule has 9 heteroatoms. The van der Waals surface area contributed by atoms with Gasteiger partial charge in [-0.15, -0.1) is 0 Å². The van der Waals surface area contributed by atoms with Gasteiger partial charge in [0.05, 0.1) is 17.3 Å². The summed E-state index contributed by atoms with van der Waals surface area (Å²) in [6, 6.07) is 9.39. The summed E-state index contributed by atoms with van der Waals surface area (Å²) in [6.45, 7) is 3.47. The molecule has 3 heterocycles. The van der Waals surface area contributed by atoms with Gasteiger partial charge in [-0.1, -0.05) is 6.92 Å². The molecule has 180 valence electrons. The van der Waals surface area contributed by atoms with Crippen molar-refractivity contribution in [1.29, 1.82) is 5.26 Å². The molecule has 3 aromatic rings. The predicted molar refractivity (Wildman–Crippen MR) is 129 cm³/mol. The van der Waals surface area contributed by atoms with Crippen molar-refractivity contribution in [3.63, 3.8) is 0 Å². The van der Waals surface area contributed by atoms with Crippen LogP contribution in [0.5, 0.6) is 0 Å².